The minimum absolute atomic E-state index is 0.0333. The lowest BCUT2D eigenvalue weighted by molar-refractivity contribution is -0.130. The molecule has 1 aromatic heterocycles. The fourth-order valence-electron chi connectivity index (χ4n) is 4.35. The Labute approximate surface area is 209 Å². The molecule has 0 aliphatic carbocycles. The molecule has 1 aliphatic rings. The first kappa shape index (κ1) is 25.0. The Morgan fingerprint density at radius 3 is 2.37 bits per heavy atom. The summed E-state index contributed by atoms with van der Waals surface area (Å²) in [7, 11) is 1.72. The van der Waals surface area contributed by atoms with Gasteiger partial charge in [-0.25, -0.2) is 9.37 Å². The number of thioether (sulfide) groups is 1. The molecule has 6 nitrogen and oxygen atoms in total. The normalized spacial score (nSPS) is 14.7. The van der Waals surface area contributed by atoms with Crippen molar-refractivity contribution in [3.8, 4) is 0 Å². The van der Waals surface area contributed by atoms with E-state index in [4.69, 9.17) is 4.98 Å². The Hall–Kier alpha value is -3.13. The van der Waals surface area contributed by atoms with E-state index in [1.807, 2.05) is 60.0 Å². The smallest absolute Gasteiger partial charge is 0.257 e. The van der Waals surface area contributed by atoms with Gasteiger partial charge < -0.3 is 9.80 Å². The van der Waals surface area contributed by atoms with E-state index in [-0.39, 0.29) is 22.5 Å². The predicted octanol–water partition coefficient (Wildman–Crippen LogP) is 4.04. The second-order valence-corrected chi connectivity index (χ2v) is 9.93. The van der Waals surface area contributed by atoms with Crippen LogP contribution in [0.4, 0.5) is 10.1 Å². The summed E-state index contributed by atoms with van der Waals surface area (Å²) < 4.78 is 15.7. The third kappa shape index (κ3) is 5.59. The highest BCUT2D eigenvalue weighted by Gasteiger charge is 2.29. The summed E-state index contributed by atoms with van der Waals surface area (Å²) in [6, 6.07) is 16.6. The SMILES string of the molecule is CCC(Sc1nc(C)c(Cc2ccccc2)c(=O)n1C)C(=O)N1CCN(c2ccccc2F)CC1. The number of aromatic nitrogens is 2. The van der Waals surface area contributed by atoms with Gasteiger partial charge in [-0.15, -0.1) is 0 Å². The van der Waals surface area contributed by atoms with Crippen LogP contribution in [0.1, 0.15) is 30.2 Å². The molecule has 0 N–H and O–H groups in total. The number of nitrogens with zero attached hydrogens (tertiary/aromatic N) is 4. The first-order chi connectivity index (χ1) is 16.9. The number of carbonyl (C=O) groups is 1. The molecular weight excluding hydrogens is 463 g/mol. The van der Waals surface area contributed by atoms with Gasteiger partial charge in [-0.05, 0) is 31.0 Å². The molecule has 1 unspecified atom stereocenters. The number of halogens is 1. The third-order valence-corrected chi connectivity index (χ3v) is 7.85. The van der Waals surface area contributed by atoms with Crippen LogP contribution in [0.2, 0.25) is 0 Å². The van der Waals surface area contributed by atoms with Gasteiger partial charge in [0.05, 0.1) is 10.9 Å². The molecule has 1 aliphatic heterocycles. The monoisotopic (exact) mass is 494 g/mol. The van der Waals surface area contributed by atoms with Crippen molar-refractivity contribution in [3.05, 3.63) is 87.6 Å². The summed E-state index contributed by atoms with van der Waals surface area (Å²) >= 11 is 1.35. The Morgan fingerprint density at radius 2 is 1.71 bits per heavy atom. The van der Waals surface area contributed by atoms with Gasteiger partial charge in [0.2, 0.25) is 5.91 Å². The fraction of sp³-hybridized carbons (Fsp3) is 0.370. The summed E-state index contributed by atoms with van der Waals surface area (Å²) in [5.74, 6) is -0.210. The quantitative estimate of drug-likeness (QED) is 0.367. The second-order valence-electron chi connectivity index (χ2n) is 8.76. The molecule has 0 saturated carbocycles. The van der Waals surface area contributed by atoms with E-state index in [2.05, 4.69) is 0 Å². The van der Waals surface area contributed by atoms with Gasteiger partial charge in [-0.3, -0.25) is 14.2 Å². The standard InChI is InChI=1S/C27H31FN4O2S/c1-4-24(26(34)32-16-14-31(15-17-32)23-13-9-8-12-22(23)28)35-27-29-19(2)21(25(33)30(27)3)18-20-10-6-5-7-11-20/h5-13,24H,4,14-18H2,1-3H3. The lowest BCUT2D eigenvalue weighted by Gasteiger charge is -2.37. The van der Waals surface area contributed by atoms with E-state index >= 15 is 0 Å². The molecule has 2 heterocycles. The van der Waals surface area contributed by atoms with Crippen LogP contribution >= 0.6 is 11.8 Å². The molecule has 0 radical (unpaired) electrons. The van der Waals surface area contributed by atoms with Crippen molar-refractivity contribution in [2.75, 3.05) is 31.1 Å². The molecule has 1 saturated heterocycles. The molecule has 2 aromatic carbocycles. The van der Waals surface area contributed by atoms with Crippen LogP contribution in [0, 0.1) is 12.7 Å². The molecule has 0 spiro atoms. The molecule has 0 bridgehead atoms. The number of para-hydroxylation sites is 1. The first-order valence-corrected chi connectivity index (χ1v) is 12.8. The number of rotatable bonds is 7. The molecule has 8 heteroatoms. The van der Waals surface area contributed by atoms with Crippen LogP contribution < -0.4 is 10.5 Å². The Morgan fingerprint density at radius 1 is 1.06 bits per heavy atom. The zero-order valence-corrected chi connectivity index (χ0v) is 21.2. The van der Waals surface area contributed by atoms with E-state index in [0.29, 0.717) is 61.1 Å². The molecular formula is C27H31FN4O2S. The topological polar surface area (TPSA) is 58.4 Å². The van der Waals surface area contributed by atoms with Crippen LogP contribution in [0.3, 0.4) is 0 Å². The van der Waals surface area contributed by atoms with Gasteiger partial charge in [0.1, 0.15) is 5.82 Å². The van der Waals surface area contributed by atoms with Crippen LogP contribution in [-0.2, 0) is 18.3 Å². The molecule has 4 rings (SSSR count). The van der Waals surface area contributed by atoms with Crippen LogP contribution in [0.5, 0.6) is 0 Å². The summed E-state index contributed by atoms with van der Waals surface area (Å²) in [4.78, 5) is 35.0. The van der Waals surface area contributed by atoms with Gasteiger partial charge >= 0.3 is 0 Å². The zero-order chi connectivity index (χ0) is 24.9. The lowest BCUT2D eigenvalue weighted by atomic mass is 10.1. The van der Waals surface area contributed by atoms with Gasteiger partial charge in [0.15, 0.2) is 5.16 Å². The maximum atomic E-state index is 14.1. The van der Waals surface area contributed by atoms with E-state index < -0.39 is 0 Å². The summed E-state index contributed by atoms with van der Waals surface area (Å²) in [5.41, 5.74) is 2.92. The van der Waals surface area contributed by atoms with E-state index in [9.17, 15) is 14.0 Å². The number of hydrogen-bond donors (Lipinski definition) is 0. The third-order valence-electron chi connectivity index (χ3n) is 6.45. The number of benzene rings is 2. The van der Waals surface area contributed by atoms with Gasteiger partial charge in [0.25, 0.3) is 5.56 Å². The second kappa shape index (κ2) is 11.1. The van der Waals surface area contributed by atoms with Crippen molar-refractivity contribution in [2.45, 2.75) is 37.1 Å². The van der Waals surface area contributed by atoms with Crippen molar-refractivity contribution in [2.24, 2.45) is 7.05 Å². The first-order valence-electron chi connectivity index (χ1n) is 11.9. The van der Waals surface area contributed by atoms with E-state index in [0.717, 1.165) is 5.56 Å². The van der Waals surface area contributed by atoms with Crippen molar-refractivity contribution >= 4 is 23.4 Å². The summed E-state index contributed by atoms with van der Waals surface area (Å²) in [6.07, 6.45) is 1.15. The molecule has 184 valence electrons. The maximum Gasteiger partial charge on any atom is 0.257 e. The largest absolute Gasteiger partial charge is 0.366 e. The van der Waals surface area contributed by atoms with Crippen LogP contribution in [0.25, 0.3) is 0 Å². The molecule has 1 amide bonds. The number of carbonyl (C=O) groups excluding carboxylic acids is 1. The number of hydrogen-bond acceptors (Lipinski definition) is 5. The maximum absolute atomic E-state index is 14.1. The zero-order valence-electron chi connectivity index (χ0n) is 20.4. The van der Waals surface area contributed by atoms with Gasteiger partial charge in [-0.1, -0.05) is 61.2 Å². The highest BCUT2D eigenvalue weighted by molar-refractivity contribution is 8.00. The minimum Gasteiger partial charge on any atom is -0.366 e. The van der Waals surface area contributed by atoms with Gasteiger partial charge in [-0.2, -0.15) is 0 Å². The lowest BCUT2D eigenvalue weighted by Crippen LogP contribution is -2.51. The van der Waals surface area contributed by atoms with Crippen molar-refractivity contribution in [1.29, 1.82) is 0 Å². The van der Waals surface area contributed by atoms with Crippen LogP contribution in [-0.4, -0.2) is 51.8 Å². The minimum atomic E-state index is -0.340. The Balaban J connectivity index is 1.45. The highest BCUT2D eigenvalue weighted by atomic mass is 32.2. The van der Waals surface area contributed by atoms with Crippen molar-refractivity contribution in [1.82, 2.24) is 14.5 Å². The van der Waals surface area contributed by atoms with E-state index in [1.54, 1.807) is 23.7 Å². The number of amides is 1. The Bertz CT molecular complexity index is 1240. The number of aryl methyl sites for hydroxylation is 1. The van der Waals surface area contributed by atoms with Crippen LogP contribution in [0.15, 0.2) is 64.5 Å². The Kier molecular flexibility index (Phi) is 7.90. The van der Waals surface area contributed by atoms with E-state index in [1.165, 1.54) is 17.8 Å². The van der Waals surface area contributed by atoms with Crippen molar-refractivity contribution in [3.63, 3.8) is 0 Å². The number of piperazine rings is 1. The van der Waals surface area contributed by atoms with Gasteiger partial charge in [0, 0.05) is 50.9 Å². The average molecular weight is 495 g/mol. The van der Waals surface area contributed by atoms with Crippen molar-refractivity contribution < 1.29 is 9.18 Å². The summed E-state index contributed by atoms with van der Waals surface area (Å²) in [6.45, 7) is 6.06. The summed E-state index contributed by atoms with van der Waals surface area (Å²) in [5, 5.41) is 0.210. The molecule has 1 atom stereocenters. The predicted molar refractivity (Wildman–Crippen MR) is 139 cm³/mol. The molecule has 3 aromatic rings. The molecule has 35 heavy (non-hydrogen) atoms. The average Bonchev–Trinajstić information content (AvgIpc) is 2.88. The fourth-order valence-corrected chi connectivity index (χ4v) is 5.46. The number of anilines is 1. The molecule has 1 fully saturated rings. The highest BCUT2D eigenvalue weighted by Crippen LogP contribution is 2.27.